The maximum Gasteiger partial charge on any atom is 0.256 e. The quantitative estimate of drug-likeness (QED) is 0.908. The third-order valence-electron chi connectivity index (χ3n) is 2.63. The molecule has 0 radical (unpaired) electrons. The van der Waals surface area contributed by atoms with Crippen molar-refractivity contribution in [2.45, 2.75) is 24.5 Å². The molecule has 1 fully saturated rings. The van der Waals surface area contributed by atoms with E-state index in [1.54, 1.807) is 6.07 Å². The van der Waals surface area contributed by atoms with Gasteiger partial charge in [0.05, 0.1) is 11.8 Å². The second kappa shape index (κ2) is 5.64. The summed E-state index contributed by atoms with van der Waals surface area (Å²) in [6.45, 7) is 0.713. The Hall–Kier alpha value is -0.610. The second-order valence-electron chi connectivity index (χ2n) is 3.81. The van der Waals surface area contributed by atoms with Crippen LogP contribution in [0, 0.1) is 0 Å². The normalized spacial score (nSPS) is 20.7. The number of carbonyl (C=O) groups is 1. The largest absolute Gasteiger partial charge is 0.452 e. The molecule has 1 aliphatic rings. The summed E-state index contributed by atoms with van der Waals surface area (Å²) in [7, 11) is 0. The highest BCUT2D eigenvalue weighted by Gasteiger charge is 2.17. The first kappa shape index (κ1) is 11.9. The average Bonchev–Trinajstić information content (AvgIpc) is 2.74. The zero-order valence-electron chi connectivity index (χ0n) is 8.87. The molecule has 1 aliphatic heterocycles. The first-order chi connectivity index (χ1) is 7.77. The van der Waals surface area contributed by atoms with Gasteiger partial charge in [-0.15, -0.1) is 0 Å². The van der Waals surface area contributed by atoms with Gasteiger partial charge in [0.15, 0.2) is 0 Å². The first-order valence-corrected chi connectivity index (χ1v) is 6.83. The molecule has 3 nitrogen and oxygen atoms in total. The van der Waals surface area contributed by atoms with Gasteiger partial charge in [0.1, 0.15) is 0 Å². The average molecular weight is 260 g/mol. The fourth-order valence-corrected chi connectivity index (χ4v) is 3.16. The molecule has 0 aliphatic carbocycles. The molecule has 5 heteroatoms. The molecule has 1 unspecified atom stereocenters. The lowest BCUT2D eigenvalue weighted by atomic mass is 10.2. The topological polar surface area (TPSA) is 42.2 Å². The van der Waals surface area contributed by atoms with Gasteiger partial charge in [0.25, 0.3) is 5.91 Å². The van der Waals surface area contributed by atoms with E-state index in [1.807, 2.05) is 11.8 Å². The van der Waals surface area contributed by atoms with E-state index in [2.05, 4.69) is 5.32 Å². The molecular weight excluding hydrogens is 246 g/mol. The number of hydrogen-bond donors (Lipinski definition) is 1. The van der Waals surface area contributed by atoms with Crippen LogP contribution in [0.25, 0.3) is 0 Å². The Bertz CT molecular complexity index is 361. The fraction of sp³-hybridized carbons (Fsp3) is 0.545. The maximum absolute atomic E-state index is 11.7. The van der Waals surface area contributed by atoms with Gasteiger partial charge in [-0.05, 0) is 36.3 Å². The van der Waals surface area contributed by atoms with Crippen molar-refractivity contribution in [2.75, 3.05) is 12.3 Å². The summed E-state index contributed by atoms with van der Waals surface area (Å²) in [6.07, 6.45) is 5.17. The Balaban J connectivity index is 1.81. The molecule has 88 valence electrons. The van der Waals surface area contributed by atoms with Crippen molar-refractivity contribution < 1.29 is 9.21 Å². The van der Waals surface area contributed by atoms with Crippen LogP contribution in [-0.4, -0.2) is 23.5 Å². The molecule has 16 heavy (non-hydrogen) atoms. The van der Waals surface area contributed by atoms with E-state index in [0.29, 0.717) is 17.4 Å². The minimum absolute atomic E-state index is 0.148. The lowest BCUT2D eigenvalue weighted by Gasteiger charge is -2.21. The summed E-state index contributed by atoms with van der Waals surface area (Å²) in [5.41, 5.74) is 0.419. The highest BCUT2D eigenvalue weighted by molar-refractivity contribution is 7.99. The molecule has 0 spiro atoms. The highest BCUT2D eigenvalue weighted by Crippen LogP contribution is 2.24. The summed E-state index contributed by atoms with van der Waals surface area (Å²) in [6, 6.07) is 1.59. The van der Waals surface area contributed by atoms with Crippen molar-refractivity contribution in [3.63, 3.8) is 0 Å². The zero-order valence-corrected chi connectivity index (χ0v) is 10.4. The third kappa shape index (κ3) is 2.95. The number of amides is 1. The Kier molecular flexibility index (Phi) is 4.18. The molecule has 2 rings (SSSR count). The fourth-order valence-electron chi connectivity index (χ4n) is 1.73. The van der Waals surface area contributed by atoms with Gasteiger partial charge < -0.3 is 9.73 Å². The van der Waals surface area contributed by atoms with Crippen LogP contribution in [0.4, 0.5) is 0 Å². The van der Waals surface area contributed by atoms with Gasteiger partial charge in [0, 0.05) is 11.8 Å². The SMILES string of the molecule is O=C(NCC1CCCCS1)c1ccoc1Cl. The number of carbonyl (C=O) groups excluding carboxylic acids is 1. The minimum Gasteiger partial charge on any atom is -0.452 e. The van der Waals surface area contributed by atoms with Crippen LogP contribution in [0.3, 0.4) is 0 Å². The predicted molar refractivity (Wildman–Crippen MR) is 66.1 cm³/mol. The van der Waals surface area contributed by atoms with Gasteiger partial charge in [0.2, 0.25) is 5.22 Å². The van der Waals surface area contributed by atoms with Gasteiger partial charge >= 0.3 is 0 Å². The van der Waals surface area contributed by atoms with Crippen LogP contribution in [0.2, 0.25) is 5.22 Å². The lowest BCUT2D eigenvalue weighted by molar-refractivity contribution is 0.0953. The summed E-state index contributed by atoms with van der Waals surface area (Å²) in [5.74, 6) is 1.05. The molecule has 1 amide bonds. The third-order valence-corrected chi connectivity index (χ3v) is 4.32. The molecule has 0 aromatic carbocycles. The number of thioether (sulfide) groups is 1. The lowest BCUT2D eigenvalue weighted by Crippen LogP contribution is -2.31. The molecule has 2 heterocycles. The number of furan rings is 1. The highest BCUT2D eigenvalue weighted by atomic mass is 35.5. The van der Waals surface area contributed by atoms with Crippen molar-refractivity contribution >= 4 is 29.3 Å². The van der Waals surface area contributed by atoms with Crippen molar-refractivity contribution in [3.05, 3.63) is 23.1 Å². The molecule has 1 aromatic rings. The predicted octanol–water partition coefficient (Wildman–Crippen LogP) is 2.95. The van der Waals surface area contributed by atoms with E-state index < -0.39 is 0 Å². The van der Waals surface area contributed by atoms with Gasteiger partial charge in [-0.3, -0.25) is 4.79 Å². The Labute approximate surface area is 104 Å². The molecular formula is C11H14ClNO2S. The van der Waals surface area contributed by atoms with E-state index in [4.69, 9.17) is 16.0 Å². The van der Waals surface area contributed by atoms with E-state index in [1.165, 1.54) is 31.3 Å². The standard InChI is InChI=1S/C11H14ClNO2S/c12-10-9(4-5-15-10)11(14)13-7-8-3-1-2-6-16-8/h4-5,8H,1-3,6-7H2,(H,13,14). The maximum atomic E-state index is 11.7. The van der Waals surface area contributed by atoms with Crippen LogP contribution in [0.5, 0.6) is 0 Å². The zero-order chi connectivity index (χ0) is 11.4. The van der Waals surface area contributed by atoms with Gasteiger partial charge in [-0.1, -0.05) is 6.42 Å². The molecule has 1 N–H and O–H groups in total. The van der Waals surface area contributed by atoms with E-state index in [0.717, 1.165) is 0 Å². The van der Waals surface area contributed by atoms with Crippen molar-refractivity contribution in [2.24, 2.45) is 0 Å². The summed E-state index contributed by atoms with van der Waals surface area (Å²) >= 11 is 7.66. The summed E-state index contributed by atoms with van der Waals surface area (Å²) < 4.78 is 4.88. The summed E-state index contributed by atoms with van der Waals surface area (Å²) in [5, 5.41) is 3.60. The molecule has 0 saturated carbocycles. The Morgan fingerprint density at radius 2 is 2.50 bits per heavy atom. The molecule has 1 saturated heterocycles. The summed E-state index contributed by atoms with van der Waals surface area (Å²) in [4.78, 5) is 11.7. The second-order valence-corrected chi connectivity index (χ2v) is 5.56. The van der Waals surface area contributed by atoms with Crippen molar-refractivity contribution in [3.8, 4) is 0 Å². The van der Waals surface area contributed by atoms with Gasteiger partial charge in [-0.2, -0.15) is 11.8 Å². The van der Waals surface area contributed by atoms with Crippen LogP contribution in [0.15, 0.2) is 16.7 Å². The van der Waals surface area contributed by atoms with Crippen LogP contribution in [0.1, 0.15) is 29.6 Å². The molecule has 1 atom stereocenters. The first-order valence-electron chi connectivity index (χ1n) is 5.40. The van der Waals surface area contributed by atoms with E-state index >= 15 is 0 Å². The minimum atomic E-state index is -0.148. The number of nitrogens with one attached hydrogen (secondary N) is 1. The molecule has 0 bridgehead atoms. The Morgan fingerprint density at radius 1 is 1.62 bits per heavy atom. The van der Waals surface area contributed by atoms with Crippen LogP contribution >= 0.6 is 23.4 Å². The smallest absolute Gasteiger partial charge is 0.256 e. The van der Waals surface area contributed by atoms with E-state index in [9.17, 15) is 4.79 Å². The van der Waals surface area contributed by atoms with Gasteiger partial charge in [-0.25, -0.2) is 0 Å². The number of halogens is 1. The number of rotatable bonds is 3. The van der Waals surface area contributed by atoms with Crippen LogP contribution in [-0.2, 0) is 0 Å². The van der Waals surface area contributed by atoms with Crippen molar-refractivity contribution in [1.82, 2.24) is 5.32 Å². The molecule has 1 aromatic heterocycles. The number of hydrogen-bond acceptors (Lipinski definition) is 3. The van der Waals surface area contributed by atoms with Crippen LogP contribution < -0.4 is 5.32 Å². The van der Waals surface area contributed by atoms with E-state index in [-0.39, 0.29) is 11.1 Å². The monoisotopic (exact) mass is 259 g/mol. The Morgan fingerprint density at radius 3 is 3.12 bits per heavy atom. The van der Waals surface area contributed by atoms with Crippen molar-refractivity contribution in [1.29, 1.82) is 0 Å².